The normalized spacial score (nSPS) is 22.6. The predicted octanol–water partition coefficient (Wildman–Crippen LogP) is 2.36. The molecule has 0 saturated carbocycles. The van der Waals surface area contributed by atoms with Gasteiger partial charge in [-0.25, -0.2) is 4.39 Å². The van der Waals surface area contributed by atoms with Crippen molar-refractivity contribution in [1.29, 1.82) is 0 Å². The molecule has 4 heteroatoms. The van der Waals surface area contributed by atoms with Gasteiger partial charge < -0.3 is 15.7 Å². The van der Waals surface area contributed by atoms with Gasteiger partial charge in [-0.05, 0) is 50.5 Å². The maximum absolute atomic E-state index is 13.7. The average Bonchev–Trinajstić information content (AvgIpc) is 2.81. The largest absolute Gasteiger partial charge is 0.393 e. The van der Waals surface area contributed by atoms with E-state index in [-0.39, 0.29) is 23.9 Å². The van der Waals surface area contributed by atoms with Crippen molar-refractivity contribution in [2.75, 3.05) is 18.0 Å². The molecule has 0 spiro atoms. The van der Waals surface area contributed by atoms with Crippen LogP contribution in [0.3, 0.4) is 0 Å². The number of halogens is 1. The van der Waals surface area contributed by atoms with Crippen LogP contribution in [0.2, 0.25) is 0 Å². The number of nitrogens with zero attached hydrogens (tertiary/aromatic N) is 1. The van der Waals surface area contributed by atoms with Gasteiger partial charge in [0.25, 0.3) is 0 Å². The van der Waals surface area contributed by atoms with E-state index in [0.29, 0.717) is 5.56 Å². The van der Waals surface area contributed by atoms with Gasteiger partial charge in [0.1, 0.15) is 5.82 Å². The summed E-state index contributed by atoms with van der Waals surface area (Å²) in [4.78, 5) is 2.21. The van der Waals surface area contributed by atoms with Gasteiger partial charge >= 0.3 is 0 Å². The molecule has 1 saturated heterocycles. The summed E-state index contributed by atoms with van der Waals surface area (Å²) in [5.41, 5.74) is 8.44. The Morgan fingerprint density at radius 1 is 1.42 bits per heavy atom. The van der Waals surface area contributed by atoms with Gasteiger partial charge in [0.05, 0.1) is 6.10 Å². The van der Waals surface area contributed by atoms with Crippen molar-refractivity contribution < 1.29 is 9.50 Å². The number of aliphatic hydroxyl groups is 1. The number of rotatable bonds is 3. The number of anilines is 1. The third kappa shape index (κ3) is 2.90. The summed E-state index contributed by atoms with van der Waals surface area (Å²) < 4.78 is 13.7. The highest BCUT2D eigenvalue weighted by molar-refractivity contribution is 5.57. The Kier molecular flexibility index (Phi) is 4.11. The van der Waals surface area contributed by atoms with E-state index in [1.807, 2.05) is 19.9 Å². The van der Waals surface area contributed by atoms with E-state index in [1.54, 1.807) is 13.0 Å². The molecule has 1 fully saturated rings. The highest BCUT2D eigenvalue weighted by Gasteiger charge is 2.28. The minimum atomic E-state index is -0.301. The minimum absolute atomic E-state index is 0.198. The fraction of sp³-hybridized carbons (Fsp3) is 0.600. The van der Waals surface area contributed by atoms with E-state index >= 15 is 0 Å². The van der Waals surface area contributed by atoms with Crippen LogP contribution in [0.1, 0.15) is 37.4 Å². The lowest BCUT2D eigenvalue weighted by atomic mass is 10.0. The van der Waals surface area contributed by atoms with Crippen molar-refractivity contribution in [2.24, 2.45) is 11.7 Å². The second-order valence-corrected chi connectivity index (χ2v) is 5.68. The first-order valence-electron chi connectivity index (χ1n) is 6.88. The average molecular weight is 266 g/mol. The molecule has 3 N–H and O–H groups in total. The third-order valence-corrected chi connectivity index (χ3v) is 4.05. The van der Waals surface area contributed by atoms with Crippen LogP contribution in [0, 0.1) is 18.7 Å². The van der Waals surface area contributed by atoms with Crippen molar-refractivity contribution in [3.8, 4) is 0 Å². The van der Waals surface area contributed by atoms with Gasteiger partial charge in [-0.1, -0.05) is 0 Å². The van der Waals surface area contributed by atoms with Crippen LogP contribution in [-0.4, -0.2) is 24.3 Å². The predicted molar refractivity (Wildman–Crippen MR) is 75.7 cm³/mol. The summed E-state index contributed by atoms with van der Waals surface area (Å²) in [6.45, 7) is 7.17. The van der Waals surface area contributed by atoms with Gasteiger partial charge in [0.2, 0.25) is 0 Å². The summed E-state index contributed by atoms with van der Waals surface area (Å²) >= 11 is 0. The van der Waals surface area contributed by atoms with Gasteiger partial charge in [0, 0.05) is 30.7 Å². The molecule has 1 aliphatic rings. The number of hydrogen-bond acceptors (Lipinski definition) is 3. The zero-order chi connectivity index (χ0) is 14.2. The Balaban J connectivity index is 2.32. The molecule has 3 nitrogen and oxygen atoms in total. The quantitative estimate of drug-likeness (QED) is 0.883. The fourth-order valence-electron chi connectivity index (χ4n) is 2.72. The zero-order valence-electron chi connectivity index (χ0n) is 11.9. The molecule has 1 heterocycles. The van der Waals surface area contributed by atoms with E-state index in [2.05, 4.69) is 4.90 Å². The van der Waals surface area contributed by atoms with Crippen LogP contribution in [0.4, 0.5) is 10.1 Å². The molecule has 0 bridgehead atoms. The van der Waals surface area contributed by atoms with Crippen LogP contribution in [-0.2, 0) is 0 Å². The van der Waals surface area contributed by atoms with Gasteiger partial charge in [-0.2, -0.15) is 0 Å². The molecule has 0 radical (unpaired) electrons. The molecule has 2 rings (SSSR count). The molecule has 3 atom stereocenters. The summed E-state index contributed by atoms with van der Waals surface area (Å²) in [5, 5.41) is 9.68. The standard InChI is InChI=1S/C15H23FN2O/c1-9-6-15(13(10(2)17)7-14(9)16)18-5-4-12(8-18)11(3)19/h6-7,10-12,19H,4-5,8,17H2,1-3H3/t10-,11?,12?/m1/s1. The van der Waals surface area contributed by atoms with Crippen molar-refractivity contribution in [3.63, 3.8) is 0 Å². The van der Waals surface area contributed by atoms with Gasteiger partial charge in [-0.3, -0.25) is 0 Å². The third-order valence-electron chi connectivity index (χ3n) is 4.05. The minimum Gasteiger partial charge on any atom is -0.393 e. The van der Waals surface area contributed by atoms with E-state index in [9.17, 15) is 9.50 Å². The van der Waals surface area contributed by atoms with Crippen LogP contribution >= 0.6 is 0 Å². The molecule has 19 heavy (non-hydrogen) atoms. The zero-order valence-corrected chi connectivity index (χ0v) is 11.9. The molecule has 106 valence electrons. The lowest BCUT2D eigenvalue weighted by molar-refractivity contribution is 0.136. The molecular weight excluding hydrogens is 243 g/mol. The fourth-order valence-corrected chi connectivity index (χ4v) is 2.72. The summed E-state index contributed by atoms with van der Waals surface area (Å²) in [6.07, 6.45) is 0.664. The number of hydrogen-bond donors (Lipinski definition) is 2. The van der Waals surface area contributed by atoms with Crippen LogP contribution in [0.5, 0.6) is 0 Å². The SMILES string of the molecule is Cc1cc(N2CCC(C(C)O)C2)c([C@@H](C)N)cc1F. The Hall–Kier alpha value is -1.13. The maximum Gasteiger partial charge on any atom is 0.126 e. The molecule has 2 unspecified atom stereocenters. The first kappa shape index (κ1) is 14.3. The Morgan fingerprint density at radius 3 is 2.63 bits per heavy atom. The molecule has 0 amide bonds. The van der Waals surface area contributed by atoms with Crippen LogP contribution in [0.15, 0.2) is 12.1 Å². The summed E-state index contributed by atoms with van der Waals surface area (Å²) in [7, 11) is 0. The van der Waals surface area contributed by atoms with E-state index in [0.717, 1.165) is 30.8 Å². The molecule has 0 aromatic heterocycles. The lowest BCUT2D eigenvalue weighted by Crippen LogP contribution is -2.26. The molecule has 1 aromatic rings. The summed E-state index contributed by atoms with van der Waals surface area (Å²) in [6, 6.07) is 3.22. The van der Waals surface area contributed by atoms with E-state index < -0.39 is 0 Å². The Bertz CT molecular complexity index is 460. The molecule has 1 aliphatic heterocycles. The van der Waals surface area contributed by atoms with Gasteiger partial charge in [-0.15, -0.1) is 0 Å². The van der Waals surface area contributed by atoms with Crippen molar-refractivity contribution in [2.45, 2.75) is 39.3 Å². The van der Waals surface area contributed by atoms with Crippen molar-refractivity contribution in [1.82, 2.24) is 0 Å². The lowest BCUT2D eigenvalue weighted by Gasteiger charge is -2.25. The highest BCUT2D eigenvalue weighted by atomic mass is 19.1. The molecule has 1 aromatic carbocycles. The monoisotopic (exact) mass is 266 g/mol. The first-order chi connectivity index (χ1) is 8.90. The van der Waals surface area contributed by atoms with E-state index in [1.165, 1.54) is 0 Å². The van der Waals surface area contributed by atoms with Crippen molar-refractivity contribution >= 4 is 5.69 Å². The topological polar surface area (TPSA) is 49.5 Å². The van der Waals surface area contributed by atoms with Crippen LogP contribution in [0.25, 0.3) is 0 Å². The second-order valence-electron chi connectivity index (χ2n) is 5.68. The molecular formula is C15H23FN2O. The number of nitrogens with two attached hydrogens (primary N) is 1. The second kappa shape index (κ2) is 5.47. The van der Waals surface area contributed by atoms with Gasteiger partial charge in [0.15, 0.2) is 0 Å². The maximum atomic E-state index is 13.7. The van der Waals surface area contributed by atoms with Crippen molar-refractivity contribution in [3.05, 3.63) is 29.1 Å². The first-order valence-corrected chi connectivity index (χ1v) is 6.88. The number of aryl methyl sites for hydroxylation is 1. The smallest absolute Gasteiger partial charge is 0.126 e. The number of aliphatic hydroxyl groups excluding tert-OH is 1. The molecule has 0 aliphatic carbocycles. The Morgan fingerprint density at radius 2 is 2.11 bits per heavy atom. The van der Waals surface area contributed by atoms with E-state index in [4.69, 9.17) is 5.73 Å². The summed E-state index contributed by atoms with van der Waals surface area (Å²) in [5.74, 6) is 0.0774. The Labute approximate surface area is 114 Å². The highest BCUT2D eigenvalue weighted by Crippen LogP contribution is 2.32. The van der Waals surface area contributed by atoms with Crippen LogP contribution < -0.4 is 10.6 Å². The number of benzene rings is 1.